The maximum atomic E-state index is 13.8. The average Bonchev–Trinajstić information content (AvgIpc) is 3.02. The van der Waals surface area contributed by atoms with Crippen molar-refractivity contribution in [3.8, 4) is 16.6 Å². The van der Waals surface area contributed by atoms with Gasteiger partial charge in [0.1, 0.15) is 6.07 Å². The van der Waals surface area contributed by atoms with Crippen LogP contribution in [0.5, 0.6) is 0 Å². The molecule has 0 atom stereocenters. The number of hydrogen-bond acceptors (Lipinski definition) is 4. The number of rotatable bonds is 2. The molecule has 22 heavy (non-hydrogen) atoms. The maximum absolute atomic E-state index is 13.8. The predicted octanol–water partition coefficient (Wildman–Crippen LogP) is 3.87. The van der Waals surface area contributed by atoms with Crippen LogP contribution in [0.2, 0.25) is 0 Å². The number of nitrogens with zero attached hydrogens (tertiary/aromatic N) is 4. The van der Waals surface area contributed by atoms with E-state index < -0.39 is 17.5 Å². The van der Waals surface area contributed by atoms with E-state index in [9.17, 15) is 18.4 Å². The van der Waals surface area contributed by atoms with Gasteiger partial charge in [0.2, 0.25) is 4.96 Å². The molecule has 2 aromatic heterocycles. The van der Waals surface area contributed by atoms with Gasteiger partial charge in [-0.3, -0.25) is 0 Å². The lowest BCUT2D eigenvalue weighted by molar-refractivity contribution is 0.449. The lowest BCUT2D eigenvalue weighted by Gasteiger charge is -2.01. The van der Waals surface area contributed by atoms with Crippen LogP contribution in [-0.4, -0.2) is 14.6 Å². The minimum absolute atomic E-state index is 0.0343. The first kappa shape index (κ1) is 14.5. The summed E-state index contributed by atoms with van der Waals surface area (Å²) in [5, 5.41) is 13.5. The Morgan fingerprint density at radius 2 is 1.95 bits per heavy atom. The van der Waals surface area contributed by atoms with E-state index in [0.717, 1.165) is 23.5 Å². The van der Waals surface area contributed by atoms with Crippen LogP contribution in [0.1, 0.15) is 31.2 Å². The summed E-state index contributed by atoms with van der Waals surface area (Å²) in [6.45, 7) is 3.78. The van der Waals surface area contributed by atoms with Gasteiger partial charge in [-0.2, -0.15) is 14.9 Å². The molecule has 0 saturated heterocycles. The van der Waals surface area contributed by atoms with Gasteiger partial charge in [0, 0.05) is 0 Å². The average molecular weight is 322 g/mol. The van der Waals surface area contributed by atoms with Crippen molar-refractivity contribution in [2.45, 2.75) is 19.8 Å². The summed E-state index contributed by atoms with van der Waals surface area (Å²) in [5.74, 6) is -4.08. The summed E-state index contributed by atoms with van der Waals surface area (Å²) < 4.78 is 41.4. The fourth-order valence-electron chi connectivity index (χ4n) is 2.07. The zero-order chi connectivity index (χ0) is 16.0. The summed E-state index contributed by atoms with van der Waals surface area (Å²) in [6.07, 6.45) is 0. The van der Waals surface area contributed by atoms with Gasteiger partial charge < -0.3 is 0 Å². The van der Waals surface area contributed by atoms with Crippen LogP contribution in [0.15, 0.2) is 12.1 Å². The Labute approximate surface area is 127 Å². The first-order valence-corrected chi connectivity index (χ1v) is 7.19. The summed E-state index contributed by atoms with van der Waals surface area (Å²) in [4.78, 5) is 4.71. The van der Waals surface area contributed by atoms with Crippen molar-refractivity contribution in [1.29, 1.82) is 5.26 Å². The quantitative estimate of drug-likeness (QED) is 0.673. The predicted molar refractivity (Wildman–Crippen MR) is 75.0 cm³/mol. The zero-order valence-electron chi connectivity index (χ0n) is 11.6. The van der Waals surface area contributed by atoms with Crippen LogP contribution in [0.3, 0.4) is 0 Å². The number of halogens is 3. The first-order valence-electron chi connectivity index (χ1n) is 6.37. The highest BCUT2D eigenvalue weighted by Crippen LogP contribution is 2.31. The molecule has 4 nitrogen and oxygen atoms in total. The Hall–Kier alpha value is -2.40. The molecule has 2 heterocycles. The number of aromatic nitrogens is 3. The molecule has 8 heteroatoms. The standard InChI is InChI=1S/C14H9F3N4S/c1-6(2)12-9(5-18)21-14(19-12)22-13(20-21)7-3-4-8(15)11(17)10(7)16/h3-4,6H,1-2H3. The zero-order valence-corrected chi connectivity index (χ0v) is 12.4. The normalized spacial score (nSPS) is 11.3. The third-order valence-electron chi connectivity index (χ3n) is 3.15. The summed E-state index contributed by atoms with van der Waals surface area (Å²) >= 11 is 1.01. The summed E-state index contributed by atoms with van der Waals surface area (Å²) in [6, 6.07) is 3.97. The minimum atomic E-state index is -1.55. The van der Waals surface area contributed by atoms with E-state index >= 15 is 0 Å². The molecule has 3 rings (SSSR count). The van der Waals surface area contributed by atoms with Crippen molar-refractivity contribution in [1.82, 2.24) is 14.6 Å². The van der Waals surface area contributed by atoms with Crippen molar-refractivity contribution in [3.05, 3.63) is 41.0 Å². The van der Waals surface area contributed by atoms with Gasteiger partial charge in [-0.15, -0.1) is 0 Å². The summed E-state index contributed by atoms with van der Waals surface area (Å²) in [7, 11) is 0. The molecule has 0 aliphatic heterocycles. The van der Waals surface area contributed by atoms with Crippen LogP contribution in [0.25, 0.3) is 15.5 Å². The molecule has 0 unspecified atom stereocenters. The molecule has 3 aromatic rings. The van der Waals surface area contributed by atoms with E-state index in [1.165, 1.54) is 4.52 Å². The second-order valence-corrected chi connectivity index (χ2v) is 5.89. The van der Waals surface area contributed by atoms with Crippen LogP contribution in [-0.2, 0) is 0 Å². The molecule has 0 spiro atoms. The highest BCUT2D eigenvalue weighted by Gasteiger charge is 2.22. The Balaban J connectivity index is 2.21. The number of benzene rings is 1. The molecule has 0 N–H and O–H groups in total. The highest BCUT2D eigenvalue weighted by atomic mass is 32.1. The fourth-order valence-corrected chi connectivity index (χ4v) is 3.00. The van der Waals surface area contributed by atoms with Crippen LogP contribution >= 0.6 is 11.3 Å². The Bertz CT molecular complexity index is 920. The lowest BCUT2D eigenvalue weighted by atomic mass is 10.1. The SMILES string of the molecule is CC(C)c1nc2sc(-c3ccc(F)c(F)c3F)nn2c1C#N. The molecule has 0 amide bonds. The fraction of sp³-hybridized carbons (Fsp3) is 0.214. The van der Waals surface area contributed by atoms with Gasteiger partial charge in [0.25, 0.3) is 0 Å². The van der Waals surface area contributed by atoms with Crippen LogP contribution in [0, 0.1) is 28.8 Å². The third kappa shape index (κ3) is 2.05. The molecule has 112 valence electrons. The van der Waals surface area contributed by atoms with Crippen molar-refractivity contribution >= 4 is 16.3 Å². The maximum Gasteiger partial charge on any atom is 0.213 e. The third-order valence-corrected chi connectivity index (χ3v) is 4.09. The van der Waals surface area contributed by atoms with Gasteiger partial charge in [0.15, 0.2) is 28.2 Å². The van der Waals surface area contributed by atoms with E-state index in [-0.39, 0.29) is 22.2 Å². The molecule has 1 aromatic carbocycles. The van der Waals surface area contributed by atoms with Gasteiger partial charge in [0.05, 0.1) is 11.3 Å². The van der Waals surface area contributed by atoms with Crippen LogP contribution < -0.4 is 0 Å². The largest absolute Gasteiger partial charge is 0.221 e. The van der Waals surface area contributed by atoms with Gasteiger partial charge in [-0.25, -0.2) is 18.2 Å². The molecule has 0 bridgehead atoms. The van der Waals surface area contributed by atoms with Crippen molar-refractivity contribution in [2.24, 2.45) is 0 Å². The molecule has 0 aliphatic carbocycles. The van der Waals surface area contributed by atoms with Crippen molar-refractivity contribution in [3.63, 3.8) is 0 Å². The smallest absolute Gasteiger partial charge is 0.213 e. The Morgan fingerprint density at radius 1 is 1.23 bits per heavy atom. The van der Waals surface area contributed by atoms with Crippen molar-refractivity contribution in [2.75, 3.05) is 0 Å². The number of imidazole rings is 1. The first-order chi connectivity index (χ1) is 10.4. The highest BCUT2D eigenvalue weighted by molar-refractivity contribution is 7.19. The molecule has 0 aliphatic rings. The molecule has 0 fully saturated rings. The molecule has 0 radical (unpaired) electrons. The van der Waals surface area contributed by atoms with Gasteiger partial charge >= 0.3 is 0 Å². The number of hydrogen-bond donors (Lipinski definition) is 0. The molecular formula is C14H9F3N4S. The van der Waals surface area contributed by atoms with E-state index in [4.69, 9.17) is 0 Å². The monoisotopic (exact) mass is 322 g/mol. The Morgan fingerprint density at radius 3 is 2.59 bits per heavy atom. The van der Waals surface area contributed by atoms with E-state index in [0.29, 0.717) is 10.7 Å². The van der Waals surface area contributed by atoms with Gasteiger partial charge in [-0.1, -0.05) is 25.2 Å². The second kappa shape index (κ2) is 5.10. The molecule has 0 saturated carbocycles. The summed E-state index contributed by atoms with van der Waals surface area (Å²) in [5.41, 5.74) is 0.693. The lowest BCUT2D eigenvalue weighted by Crippen LogP contribution is -1.97. The minimum Gasteiger partial charge on any atom is -0.221 e. The number of nitriles is 1. The molecular weight excluding hydrogens is 313 g/mol. The topological polar surface area (TPSA) is 54.0 Å². The van der Waals surface area contributed by atoms with Crippen LogP contribution in [0.4, 0.5) is 13.2 Å². The van der Waals surface area contributed by atoms with Gasteiger partial charge in [-0.05, 0) is 18.1 Å². The second-order valence-electron chi connectivity index (χ2n) is 4.94. The van der Waals surface area contributed by atoms with E-state index in [2.05, 4.69) is 10.1 Å². The Kier molecular flexibility index (Phi) is 3.37. The number of fused-ring (bicyclic) bond motifs is 1. The van der Waals surface area contributed by atoms with E-state index in [1.807, 2.05) is 19.9 Å². The van der Waals surface area contributed by atoms with Crippen molar-refractivity contribution < 1.29 is 13.2 Å². The van der Waals surface area contributed by atoms with E-state index in [1.54, 1.807) is 0 Å².